The van der Waals surface area contributed by atoms with Crippen LogP contribution >= 0.6 is 0 Å². The predicted molar refractivity (Wildman–Crippen MR) is 116 cm³/mol. The van der Waals surface area contributed by atoms with Crippen LogP contribution in [0.1, 0.15) is 17.5 Å². The zero-order valence-electron chi connectivity index (χ0n) is 16.9. The number of hydrogen-bond donors (Lipinski definition) is 2. The van der Waals surface area contributed by atoms with Crippen LogP contribution < -0.4 is 15.4 Å². The average Bonchev–Trinajstić information content (AvgIpc) is 3.22. The van der Waals surface area contributed by atoms with E-state index in [1.165, 1.54) is 23.3 Å². The van der Waals surface area contributed by atoms with E-state index < -0.39 is 0 Å². The first-order valence-corrected chi connectivity index (χ1v) is 10.2. The third-order valence-electron chi connectivity index (χ3n) is 5.48. The van der Waals surface area contributed by atoms with Crippen molar-refractivity contribution in [1.82, 2.24) is 5.32 Å². The van der Waals surface area contributed by atoms with E-state index in [9.17, 15) is 9.18 Å². The van der Waals surface area contributed by atoms with Crippen molar-refractivity contribution in [3.8, 4) is 11.5 Å². The normalized spacial score (nSPS) is 18.2. The smallest absolute Gasteiger partial charge is 0.241 e. The molecule has 5 heteroatoms. The minimum absolute atomic E-state index is 0.0190. The lowest BCUT2D eigenvalue weighted by Crippen LogP contribution is -2.35. The Labute approximate surface area is 176 Å². The van der Waals surface area contributed by atoms with E-state index in [0.717, 1.165) is 25.1 Å². The summed E-state index contributed by atoms with van der Waals surface area (Å²) in [5.41, 5.74) is 3.37. The molecule has 2 unspecified atom stereocenters. The molecule has 4 rings (SSSR count). The Bertz CT molecular complexity index is 1000. The number of hydrogen-bond acceptors (Lipinski definition) is 3. The number of carbonyl (C=O) groups excluding carboxylic acids is 1. The number of ether oxygens (including phenoxy) is 1. The van der Waals surface area contributed by atoms with Crippen molar-refractivity contribution in [1.29, 1.82) is 0 Å². The first-order valence-electron chi connectivity index (χ1n) is 10.2. The lowest BCUT2D eigenvalue weighted by atomic mass is 9.94. The highest BCUT2D eigenvalue weighted by atomic mass is 19.1. The van der Waals surface area contributed by atoms with Gasteiger partial charge in [0.25, 0.3) is 0 Å². The molecule has 4 nitrogen and oxygen atoms in total. The quantitative estimate of drug-likeness (QED) is 0.602. The number of amides is 1. The molecule has 3 aromatic carbocycles. The highest BCUT2D eigenvalue weighted by molar-refractivity contribution is 5.95. The van der Waals surface area contributed by atoms with Gasteiger partial charge in [0.05, 0.1) is 6.04 Å². The standard InChI is InChI=1S/C25H25FN2O2/c1-17-4-2-3-5-19(17)14-18-15-24(27-16-18)25(29)28-21-8-12-23(13-9-21)30-22-10-6-20(26)7-11-22/h2-13,18,24,27H,14-16H2,1H3,(H,28,29). The maximum absolute atomic E-state index is 13.0. The lowest BCUT2D eigenvalue weighted by Gasteiger charge is -2.13. The van der Waals surface area contributed by atoms with Gasteiger partial charge in [-0.15, -0.1) is 0 Å². The first kappa shape index (κ1) is 20.1. The third kappa shape index (κ3) is 5.05. The van der Waals surface area contributed by atoms with E-state index in [1.54, 1.807) is 36.4 Å². The van der Waals surface area contributed by atoms with Crippen LogP contribution in [0.25, 0.3) is 0 Å². The Morgan fingerprint density at radius 2 is 1.70 bits per heavy atom. The Hall–Kier alpha value is -3.18. The summed E-state index contributed by atoms with van der Waals surface area (Å²) in [6, 6.07) is 21.2. The van der Waals surface area contributed by atoms with Crippen molar-refractivity contribution in [2.45, 2.75) is 25.8 Å². The van der Waals surface area contributed by atoms with Crippen LogP contribution in [0.2, 0.25) is 0 Å². The largest absolute Gasteiger partial charge is 0.457 e. The molecule has 0 saturated carbocycles. The Morgan fingerprint density at radius 1 is 1.03 bits per heavy atom. The molecule has 2 atom stereocenters. The van der Waals surface area contributed by atoms with Gasteiger partial charge in [-0.3, -0.25) is 4.79 Å². The Kier molecular flexibility index (Phi) is 6.10. The summed E-state index contributed by atoms with van der Waals surface area (Å²) in [5.74, 6) is 1.31. The number of halogens is 1. The summed E-state index contributed by atoms with van der Waals surface area (Å²) in [7, 11) is 0. The van der Waals surface area contributed by atoms with Crippen LogP contribution in [0, 0.1) is 18.7 Å². The second-order valence-corrected chi connectivity index (χ2v) is 7.76. The van der Waals surface area contributed by atoms with Gasteiger partial charge in [-0.1, -0.05) is 24.3 Å². The van der Waals surface area contributed by atoms with Crippen molar-refractivity contribution >= 4 is 11.6 Å². The predicted octanol–water partition coefficient (Wildman–Crippen LogP) is 5.09. The number of carbonyl (C=O) groups is 1. The molecule has 0 aromatic heterocycles. The SMILES string of the molecule is Cc1ccccc1CC1CNC(C(=O)Nc2ccc(Oc3ccc(F)cc3)cc2)C1. The Balaban J connectivity index is 1.29. The van der Waals surface area contributed by atoms with Crippen LogP contribution in [0.15, 0.2) is 72.8 Å². The summed E-state index contributed by atoms with van der Waals surface area (Å²) < 4.78 is 18.7. The van der Waals surface area contributed by atoms with E-state index >= 15 is 0 Å². The van der Waals surface area contributed by atoms with Gasteiger partial charge >= 0.3 is 0 Å². The summed E-state index contributed by atoms with van der Waals surface area (Å²) in [6.07, 6.45) is 1.81. The molecule has 0 bridgehead atoms. The number of anilines is 1. The van der Waals surface area contributed by atoms with E-state index in [2.05, 4.69) is 41.8 Å². The topological polar surface area (TPSA) is 50.4 Å². The van der Waals surface area contributed by atoms with Crippen molar-refractivity contribution in [2.75, 3.05) is 11.9 Å². The van der Waals surface area contributed by atoms with E-state index in [0.29, 0.717) is 17.4 Å². The summed E-state index contributed by atoms with van der Waals surface area (Å²) in [6.45, 7) is 2.97. The van der Waals surface area contributed by atoms with Crippen LogP contribution in [0.5, 0.6) is 11.5 Å². The molecule has 0 aliphatic carbocycles. The molecule has 1 aliphatic heterocycles. The summed E-state index contributed by atoms with van der Waals surface area (Å²) in [4.78, 5) is 12.6. The molecule has 2 N–H and O–H groups in total. The van der Waals surface area contributed by atoms with Crippen molar-refractivity contribution in [3.05, 3.63) is 89.7 Å². The van der Waals surface area contributed by atoms with Gasteiger partial charge in [0.1, 0.15) is 17.3 Å². The van der Waals surface area contributed by atoms with E-state index in [-0.39, 0.29) is 17.8 Å². The second kappa shape index (κ2) is 9.09. The molecule has 30 heavy (non-hydrogen) atoms. The summed E-state index contributed by atoms with van der Waals surface area (Å²) in [5, 5.41) is 6.32. The van der Waals surface area contributed by atoms with Gasteiger partial charge in [0.2, 0.25) is 5.91 Å². The minimum atomic E-state index is -0.304. The fourth-order valence-electron chi connectivity index (χ4n) is 3.79. The molecule has 0 radical (unpaired) electrons. The highest BCUT2D eigenvalue weighted by Crippen LogP contribution is 2.25. The summed E-state index contributed by atoms with van der Waals surface area (Å²) >= 11 is 0. The van der Waals surface area contributed by atoms with Gasteiger partial charge in [-0.05, 0) is 91.9 Å². The monoisotopic (exact) mass is 404 g/mol. The average molecular weight is 404 g/mol. The van der Waals surface area contributed by atoms with Crippen LogP contribution in [-0.4, -0.2) is 18.5 Å². The van der Waals surface area contributed by atoms with Crippen molar-refractivity contribution in [3.63, 3.8) is 0 Å². The van der Waals surface area contributed by atoms with Gasteiger partial charge < -0.3 is 15.4 Å². The van der Waals surface area contributed by atoms with Crippen molar-refractivity contribution in [2.24, 2.45) is 5.92 Å². The molecule has 1 aliphatic rings. The second-order valence-electron chi connectivity index (χ2n) is 7.76. The maximum atomic E-state index is 13.0. The van der Waals surface area contributed by atoms with Crippen molar-refractivity contribution < 1.29 is 13.9 Å². The van der Waals surface area contributed by atoms with Gasteiger partial charge in [0, 0.05) is 5.69 Å². The van der Waals surface area contributed by atoms with E-state index in [4.69, 9.17) is 4.74 Å². The number of benzene rings is 3. The van der Waals surface area contributed by atoms with Gasteiger partial charge in [-0.25, -0.2) is 4.39 Å². The number of aryl methyl sites for hydroxylation is 1. The molecular formula is C25H25FN2O2. The maximum Gasteiger partial charge on any atom is 0.241 e. The zero-order valence-corrected chi connectivity index (χ0v) is 16.9. The van der Waals surface area contributed by atoms with Crippen LogP contribution in [0.4, 0.5) is 10.1 Å². The van der Waals surface area contributed by atoms with Crippen LogP contribution in [-0.2, 0) is 11.2 Å². The highest BCUT2D eigenvalue weighted by Gasteiger charge is 2.29. The van der Waals surface area contributed by atoms with E-state index in [1.807, 2.05) is 0 Å². The first-order chi connectivity index (χ1) is 14.6. The molecule has 1 heterocycles. The van der Waals surface area contributed by atoms with Gasteiger partial charge in [-0.2, -0.15) is 0 Å². The molecule has 1 amide bonds. The number of nitrogens with one attached hydrogen (secondary N) is 2. The third-order valence-corrected chi connectivity index (χ3v) is 5.48. The lowest BCUT2D eigenvalue weighted by molar-refractivity contribution is -0.117. The fourth-order valence-corrected chi connectivity index (χ4v) is 3.79. The molecule has 1 fully saturated rings. The minimum Gasteiger partial charge on any atom is -0.457 e. The zero-order chi connectivity index (χ0) is 20.9. The molecule has 1 saturated heterocycles. The molecule has 0 spiro atoms. The van der Waals surface area contributed by atoms with Crippen LogP contribution in [0.3, 0.4) is 0 Å². The molecule has 154 valence electrons. The Morgan fingerprint density at radius 3 is 2.40 bits per heavy atom. The molecule has 3 aromatic rings. The number of rotatable bonds is 6. The fraction of sp³-hybridized carbons (Fsp3) is 0.240. The molecular weight excluding hydrogens is 379 g/mol. The van der Waals surface area contributed by atoms with Gasteiger partial charge in [0.15, 0.2) is 0 Å².